The number of carbonyl (C=O) groups is 2. The number of hydrogen-bond acceptors (Lipinski definition) is 5. The number of halogens is 1. The monoisotopic (exact) mass is 497 g/mol. The molecule has 1 atom stereocenters. The number of rotatable bonds is 7. The van der Waals surface area contributed by atoms with Crippen molar-refractivity contribution in [2.75, 3.05) is 20.3 Å². The Morgan fingerprint density at radius 3 is 2.56 bits per heavy atom. The molecule has 1 unspecified atom stereocenters. The number of Topliss-reactive ketones (excluding diaryl/α,β-unsaturated/α-hetero) is 1. The fraction of sp³-hybridized carbons (Fsp3) is 0.280. The van der Waals surface area contributed by atoms with Crippen molar-refractivity contribution in [3.05, 3.63) is 81.2 Å². The van der Waals surface area contributed by atoms with Gasteiger partial charge in [0, 0.05) is 23.5 Å². The predicted molar refractivity (Wildman–Crippen MR) is 125 cm³/mol. The Balaban J connectivity index is 1.78. The predicted octanol–water partition coefficient (Wildman–Crippen LogP) is 5.54. The fourth-order valence-corrected chi connectivity index (χ4v) is 4.35. The van der Waals surface area contributed by atoms with Gasteiger partial charge in [-0.2, -0.15) is 0 Å². The van der Waals surface area contributed by atoms with Crippen LogP contribution in [0.2, 0.25) is 0 Å². The summed E-state index contributed by atoms with van der Waals surface area (Å²) in [5, 5.41) is 11.5. The van der Waals surface area contributed by atoms with Crippen molar-refractivity contribution in [2.24, 2.45) is 0 Å². The molecule has 0 bridgehead atoms. The van der Waals surface area contributed by atoms with Crippen molar-refractivity contribution in [3.8, 4) is 0 Å². The third kappa shape index (κ3) is 3.98. The van der Waals surface area contributed by atoms with Gasteiger partial charge >= 0.3 is 0 Å². The summed E-state index contributed by atoms with van der Waals surface area (Å²) in [5.41, 5.74) is 2.45. The number of ketones is 1. The summed E-state index contributed by atoms with van der Waals surface area (Å²) in [4.78, 5) is 27.9. The molecule has 7 heteroatoms. The van der Waals surface area contributed by atoms with Crippen LogP contribution in [0, 0.1) is 0 Å². The van der Waals surface area contributed by atoms with Crippen LogP contribution in [0.1, 0.15) is 47.5 Å². The van der Waals surface area contributed by atoms with E-state index in [1.807, 2.05) is 36.4 Å². The highest BCUT2D eigenvalue weighted by Crippen LogP contribution is 2.40. The van der Waals surface area contributed by atoms with Gasteiger partial charge in [-0.05, 0) is 41.3 Å². The molecule has 3 aromatic rings. The number of carbonyl (C=O) groups excluding carboxylic acids is 2. The molecule has 4 rings (SSSR count). The number of fused-ring (bicyclic) bond motifs is 1. The molecule has 0 spiro atoms. The molecule has 1 aliphatic rings. The summed E-state index contributed by atoms with van der Waals surface area (Å²) < 4.78 is 11.8. The lowest BCUT2D eigenvalue weighted by Crippen LogP contribution is -2.34. The molecule has 166 valence electrons. The van der Waals surface area contributed by atoms with Crippen LogP contribution in [0.15, 0.2) is 68.8 Å². The fourth-order valence-electron chi connectivity index (χ4n) is 3.97. The molecule has 32 heavy (non-hydrogen) atoms. The minimum atomic E-state index is -0.730. The van der Waals surface area contributed by atoms with Crippen molar-refractivity contribution in [1.82, 2.24) is 4.90 Å². The molecule has 1 aliphatic heterocycles. The number of benzene rings is 2. The summed E-state index contributed by atoms with van der Waals surface area (Å²) >= 11 is 3.41. The number of aliphatic hydroxyl groups excluding tert-OH is 1. The summed E-state index contributed by atoms with van der Waals surface area (Å²) in [6, 6.07) is 14.1. The number of hydrogen-bond donors (Lipinski definition) is 1. The van der Waals surface area contributed by atoms with Crippen LogP contribution in [0.4, 0.5) is 0 Å². The van der Waals surface area contributed by atoms with Gasteiger partial charge in [0.2, 0.25) is 5.78 Å². The number of amides is 1. The van der Waals surface area contributed by atoms with Gasteiger partial charge in [0.1, 0.15) is 5.58 Å². The largest absolute Gasteiger partial charge is 0.503 e. The van der Waals surface area contributed by atoms with Crippen molar-refractivity contribution in [1.29, 1.82) is 0 Å². The first-order valence-electron chi connectivity index (χ1n) is 10.4. The van der Waals surface area contributed by atoms with Crippen molar-refractivity contribution in [2.45, 2.75) is 25.8 Å². The molecule has 0 radical (unpaired) electrons. The van der Waals surface area contributed by atoms with E-state index in [1.165, 1.54) is 4.90 Å². The molecule has 2 heterocycles. The lowest BCUT2D eigenvalue weighted by atomic mass is 9.93. The zero-order valence-electron chi connectivity index (χ0n) is 18.1. The Morgan fingerprint density at radius 2 is 1.91 bits per heavy atom. The third-order valence-electron chi connectivity index (χ3n) is 5.71. The summed E-state index contributed by atoms with van der Waals surface area (Å²) in [7, 11) is 1.54. The van der Waals surface area contributed by atoms with E-state index >= 15 is 0 Å². The average molecular weight is 498 g/mol. The normalized spacial score (nSPS) is 16.6. The number of nitrogens with zero attached hydrogens (tertiary/aromatic N) is 1. The molecular weight excluding hydrogens is 474 g/mol. The Kier molecular flexibility index (Phi) is 6.22. The molecule has 0 saturated heterocycles. The van der Waals surface area contributed by atoms with E-state index in [2.05, 4.69) is 29.8 Å². The summed E-state index contributed by atoms with van der Waals surface area (Å²) in [6.45, 7) is 4.71. The number of methoxy groups -OCH3 is 1. The molecule has 1 N–H and O–H groups in total. The molecule has 0 fully saturated rings. The van der Waals surface area contributed by atoms with E-state index in [0.29, 0.717) is 11.5 Å². The Labute approximate surface area is 194 Å². The molecular formula is C25H24BrNO5. The smallest absolute Gasteiger partial charge is 0.290 e. The van der Waals surface area contributed by atoms with Crippen molar-refractivity contribution in [3.63, 3.8) is 0 Å². The van der Waals surface area contributed by atoms with Gasteiger partial charge in [-0.25, -0.2) is 0 Å². The molecule has 1 amide bonds. The highest BCUT2D eigenvalue weighted by Gasteiger charge is 2.44. The first-order valence-corrected chi connectivity index (χ1v) is 11.2. The number of aliphatic hydroxyl groups is 1. The number of furan rings is 1. The van der Waals surface area contributed by atoms with Gasteiger partial charge in [0.05, 0.1) is 18.2 Å². The topological polar surface area (TPSA) is 80.0 Å². The highest BCUT2D eigenvalue weighted by atomic mass is 79.9. The Bertz CT molecular complexity index is 1210. The Morgan fingerprint density at radius 1 is 1.19 bits per heavy atom. The van der Waals surface area contributed by atoms with E-state index in [-0.39, 0.29) is 24.5 Å². The zero-order chi connectivity index (χ0) is 23.0. The lowest BCUT2D eigenvalue weighted by Gasteiger charge is -2.26. The average Bonchev–Trinajstić information content (AvgIpc) is 3.30. The quantitative estimate of drug-likeness (QED) is 0.433. The van der Waals surface area contributed by atoms with Crippen LogP contribution in [-0.4, -0.2) is 42.0 Å². The molecule has 0 saturated carbocycles. The minimum Gasteiger partial charge on any atom is -0.503 e. The minimum absolute atomic E-state index is 0.0153. The van der Waals surface area contributed by atoms with Crippen LogP contribution in [0.3, 0.4) is 0 Å². The van der Waals surface area contributed by atoms with E-state index in [1.54, 1.807) is 19.2 Å². The van der Waals surface area contributed by atoms with Crippen LogP contribution < -0.4 is 0 Å². The highest BCUT2D eigenvalue weighted by molar-refractivity contribution is 9.10. The maximum absolute atomic E-state index is 13.5. The first-order chi connectivity index (χ1) is 15.3. The molecule has 1 aromatic heterocycles. The standard InChI is InChI=1S/C25H24BrNO5/c1-14(2)15-4-6-16(7-5-15)22-21(24(29)25(30)27(22)10-11-31-3)23(28)20-13-17-12-18(26)8-9-19(17)32-20/h4-9,12-14,22,29H,10-11H2,1-3H3. The van der Waals surface area contributed by atoms with Gasteiger partial charge in [-0.3, -0.25) is 9.59 Å². The van der Waals surface area contributed by atoms with E-state index in [9.17, 15) is 14.7 Å². The summed E-state index contributed by atoms with van der Waals surface area (Å²) in [6.07, 6.45) is 0. The van der Waals surface area contributed by atoms with Gasteiger partial charge in [-0.1, -0.05) is 54.0 Å². The second kappa shape index (κ2) is 8.92. The van der Waals surface area contributed by atoms with Crippen LogP contribution in [0.5, 0.6) is 0 Å². The maximum Gasteiger partial charge on any atom is 0.290 e. The van der Waals surface area contributed by atoms with E-state index < -0.39 is 23.5 Å². The van der Waals surface area contributed by atoms with Crippen LogP contribution in [0.25, 0.3) is 11.0 Å². The summed E-state index contributed by atoms with van der Waals surface area (Å²) in [5.74, 6) is -1.24. The second-order valence-corrected chi connectivity index (χ2v) is 9.02. The van der Waals surface area contributed by atoms with Crippen molar-refractivity contribution < 1.29 is 23.8 Å². The van der Waals surface area contributed by atoms with E-state index in [4.69, 9.17) is 9.15 Å². The van der Waals surface area contributed by atoms with Gasteiger partial charge in [0.25, 0.3) is 5.91 Å². The molecule has 6 nitrogen and oxygen atoms in total. The Hall–Kier alpha value is -2.90. The van der Waals surface area contributed by atoms with Crippen LogP contribution >= 0.6 is 15.9 Å². The second-order valence-electron chi connectivity index (χ2n) is 8.10. The third-order valence-corrected chi connectivity index (χ3v) is 6.20. The maximum atomic E-state index is 13.5. The van der Waals surface area contributed by atoms with Gasteiger partial charge < -0.3 is 19.2 Å². The first kappa shape index (κ1) is 22.3. The molecule has 0 aliphatic carbocycles. The van der Waals surface area contributed by atoms with E-state index in [0.717, 1.165) is 21.0 Å². The van der Waals surface area contributed by atoms with Crippen LogP contribution in [-0.2, 0) is 9.53 Å². The van der Waals surface area contributed by atoms with Gasteiger partial charge in [0.15, 0.2) is 11.5 Å². The van der Waals surface area contributed by atoms with Gasteiger partial charge in [-0.15, -0.1) is 0 Å². The molecule has 2 aromatic carbocycles. The van der Waals surface area contributed by atoms with Crippen molar-refractivity contribution >= 4 is 38.6 Å². The zero-order valence-corrected chi connectivity index (χ0v) is 19.7. The lowest BCUT2D eigenvalue weighted by molar-refractivity contribution is -0.130. The number of ether oxygens (including phenoxy) is 1. The SMILES string of the molecule is COCCN1C(=O)C(O)=C(C(=O)c2cc3cc(Br)ccc3o2)C1c1ccc(C(C)C)cc1.